The van der Waals surface area contributed by atoms with Crippen molar-refractivity contribution in [2.24, 2.45) is 11.7 Å². The van der Waals surface area contributed by atoms with Crippen LogP contribution in [-0.4, -0.2) is 36.1 Å². The lowest BCUT2D eigenvalue weighted by Gasteiger charge is -2.33. The molecule has 2 aromatic heterocycles. The van der Waals surface area contributed by atoms with E-state index in [0.29, 0.717) is 11.1 Å². The smallest absolute Gasteiger partial charge is 0.129 e. The van der Waals surface area contributed by atoms with Gasteiger partial charge in [-0.05, 0) is 23.8 Å². The lowest BCUT2D eigenvalue weighted by molar-refractivity contribution is 0.325. The molecular weight excluding hydrogens is 286 g/mol. The van der Waals surface area contributed by atoms with Crippen LogP contribution in [0.4, 0.5) is 0 Å². The van der Waals surface area contributed by atoms with Crippen LogP contribution in [0.2, 0.25) is 5.15 Å². The Balaban J connectivity index is 2.00. The summed E-state index contributed by atoms with van der Waals surface area (Å²) in [6, 6.07) is 5.57. The van der Waals surface area contributed by atoms with Crippen LogP contribution in [0.25, 0.3) is 16.6 Å². The zero-order valence-corrected chi connectivity index (χ0v) is 12.6. The van der Waals surface area contributed by atoms with E-state index in [1.165, 1.54) is 0 Å². The maximum Gasteiger partial charge on any atom is 0.129 e. The second-order valence-electron chi connectivity index (χ2n) is 5.23. The highest BCUT2D eigenvalue weighted by atomic mass is 35.5. The molecule has 1 aliphatic rings. The second kappa shape index (κ2) is 5.97. The minimum Gasteiger partial charge on any atom is -0.394 e. The molecule has 0 bridgehead atoms. The number of nitrogens with zero attached hydrogens (tertiary/aromatic N) is 2. The predicted molar refractivity (Wildman–Crippen MR) is 85.9 cm³/mol. The van der Waals surface area contributed by atoms with E-state index >= 15 is 0 Å². The van der Waals surface area contributed by atoms with E-state index in [1.54, 1.807) is 6.07 Å². The van der Waals surface area contributed by atoms with Crippen LogP contribution in [0.15, 0.2) is 30.6 Å². The van der Waals surface area contributed by atoms with Crippen molar-refractivity contribution in [3.8, 4) is 0 Å². The van der Waals surface area contributed by atoms with Gasteiger partial charge >= 0.3 is 0 Å². The molecule has 0 amide bonds. The standard InChI is InChI=1S/C15H18ClN5/c1-18-8-11(15(17)10-5-19-6-10)9-4-13-12(20-7-9)2-3-14(16)21-13/h2-4,7-8,10,15,18-19H,5-6,17H2,1H3/b11-8-. The van der Waals surface area contributed by atoms with Crippen LogP contribution >= 0.6 is 11.6 Å². The summed E-state index contributed by atoms with van der Waals surface area (Å²) in [5, 5.41) is 6.79. The van der Waals surface area contributed by atoms with Gasteiger partial charge in [0.2, 0.25) is 0 Å². The number of aromatic nitrogens is 2. The van der Waals surface area contributed by atoms with Gasteiger partial charge in [0.05, 0.1) is 11.0 Å². The van der Waals surface area contributed by atoms with Crippen molar-refractivity contribution in [3.63, 3.8) is 0 Å². The van der Waals surface area contributed by atoms with Gasteiger partial charge in [-0.15, -0.1) is 0 Å². The van der Waals surface area contributed by atoms with Gasteiger partial charge in [0, 0.05) is 50.1 Å². The molecule has 1 fully saturated rings. The predicted octanol–water partition coefficient (Wildman–Crippen LogP) is 1.39. The molecule has 0 saturated carbocycles. The quantitative estimate of drug-likeness (QED) is 0.744. The van der Waals surface area contributed by atoms with Gasteiger partial charge in [0.1, 0.15) is 5.15 Å². The zero-order valence-electron chi connectivity index (χ0n) is 11.8. The number of hydrogen-bond donors (Lipinski definition) is 3. The summed E-state index contributed by atoms with van der Waals surface area (Å²) in [5.74, 6) is 0.451. The molecule has 0 spiro atoms. The van der Waals surface area contributed by atoms with Crippen LogP contribution in [0.1, 0.15) is 5.56 Å². The maximum absolute atomic E-state index is 6.39. The van der Waals surface area contributed by atoms with Gasteiger partial charge in [-0.25, -0.2) is 4.98 Å². The van der Waals surface area contributed by atoms with Crippen molar-refractivity contribution in [2.45, 2.75) is 6.04 Å². The molecule has 110 valence electrons. The van der Waals surface area contributed by atoms with Gasteiger partial charge in [-0.3, -0.25) is 4.98 Å². The highest BCUT2D eigenvalue weighted by Crippen LogP contribution is 2.25. The highest BCUT2D eigenvalue weighted by molar-refractivity contribution is 6.29. The summed E-state index contributed by atoms with van der Waals surface area (Å²) >= 11 is 5.96. The third kappa shape index (κ3) is 2.85. The first-order valence-corrected chi connectivity index (χ1v) is 7.33. The van der Waals surface area contributed by atoms with Crippen molar-refractivity contribution in [3.05, 3.63) is 41.3 Å². The first-order chi connectivity index (χ1) is 10.2. The number of fused-ring (bicyclic) bond motifs is 1. The van der Waals surface area contributed by atoms with E-state index in [0.717, 1.165) is 35.3 Å². The lowest BCUT2D eigenvalue weighted by Crippen LogP contribution is -2.52. The molecule has 3 rings (SSSR count). The van der Waals surface area contributed by atoms with E-state index < -0.39 is 0 Å². The number of hydrogen-bond acceptors (Lipinski definition) is 5. The molecule has 0 radical (unpaired) electrons. The minimum atomic E-state index is -0.0304. The molecule has 2 aromatic rings. The molecule has 5 nitrogen and oxygen atoms in total. The molecule has 3 heterocycles. The SMILES string of the molecule is CN/C=C(/c1cnc2ccc(Cl)nc2c1)C(N)C1CNC1. The Bertz CT molecular complexity index is 681. The van der Waals surface area contributed by atoms with Crippen LogP contribution in [-0.2, 0) is 0 Å². The van der Waals surface area contributed by atoms with E-state index in [1.807, 2.05) is 31.6 Å². The molecule has 1 atom stereocenters. The van der Waals surface area contributed by atoms with E-state index in [4.69, 9.17) is 17.3 Å². The average molecular weight is 304 g/mol. The number of halogens is 1. The van der Waals surface area contributed by atoms with Crippen LogP contribution in [0.3, 0.4) is 0 Å². The second-order valence-corrected chi connectivity index (χ2v) is 5.62. The monoisotopic (exact) mass is 303 g/mol. The van der Waals surface area contributed by atoms with E-state index in [-0.39, 0.29) is 6.04 Å². The number of nitrogens with two attached hydrogens (primary N) is 1. The fourth-order valence-corrected chi connectivity index (χ4v) is 2.64. The van der Waals surface area contributed by atoms with E-state index in [9.17, 15) is 0 Å². The Labute approximate surface area is 128 Å². The summed E-state index contributed by atoms with van der Waals surface area (Å²) in [6.07, 6.45) is 3.78. The summed E-state index contributed by atoms with van der Waals surface area (Å²) < 4.78 is 0. The first kappa shape index (κ1) is 14.3. The molecule has 0 aliphatic carbocycles. The van der Waals surface area contributed by atoms with Crippen LogP contribution < -0.4 is 16.4 Å². The average Bonchev–Trinajstić information content (AvgIpc) is 2.42. The Morgan fingerprint density at radius 2 is 2.29 bits per heavy atom. The molecule has 1 unspecified atom stereocenters. The molecule has 21 heavy (non-hydrogen) atoms. The highest BCUT2D eigenvalue weighted by Gasteiger charge is 2.27. The maximum atomic E-state index is 6.39. The molecule has 4 N–H and O–H groups in total. The third-order valence-corrected chi connectivity index (χ3v) is 4.03. The van der Waals surface area contributed by atoms with E-state index in [2.05, 4.69) is 20.6 Å². The van der Waals surface area contributed by atoms with Crippen molar-refractivity contribution >= 4 is 28.2 Å². The number of rotatable bonds is 4. The topological polar surface area (TPSA) is 75.9 Å². The number of pyridine rings is 2. The number of nitrogens with one attached hydrogen (secondary N) is 2. The van der Waals surface area contributed by atoms with Crippen molar-refractivity contribution < 1.29 is 0 Å². The van der Waals surface area contributed by atoms with Gasteiger partial charge in [-0.2, -0.15) is 0 Å². The minimum absolute atomic E-state index is 0.0304. The molecule has 1 saturated heterocycles. The first-order valence-electron chi connectivity index (χ1n) is 6.95. The fourth-order valence-electron chi connectivity index (χ4n) is 2.49. The van der Waals surface area contributed by atoms with Crippen molar-refractivity contribution in [1.82, 2.24) is 20.6 Å². The van der Waals surface area contributed by atoms with Crippen LogP contribution in [0.5, 0.6) is 0 Å². The molecule has 6 heteroatoms. The molecular formula is C15H18ClN5. The largest absolute Gasteiger partial charge is 0.394 e. The zero-order chi connectivity index (χ0) is 14.8. The van der Waals surface area contributed by atoms with Gasteiger partial charge in [0.25, 0.3) is 0 Å². The fraction of sp³-hybridized carbons (Fsp3) is 0.333. The summed E-state index contributed by atoms with van der Waals surface area (Å²) in [7, 11) is 1.87. The summed E-state index contributed by atoms with van der Waals surface area (Å²) in [4.78, 5) is 8.77. The Hall–Kier alpha value is -1.69. The summed E-state index contributed by atoms with van der Waals surface area (Å²) in [5.41, 5.74) is 10.0. The molecule has 0 aromatic carbocycles. The third-order valence-electron chi connectivity index (χ3n) is 3.82. The Morgan fingerprint density at radius 3 is 2.95 bits per heavy atom. The lowest BCUT2D eigenvalue weighted by atomic mass is 9.86. The molecule has 1 aliphatic heterocycles. The normalized spacial score (nSPS) is 17.6. The van der Waals surface area contributed by atoms with Gasteiger partial charge < -0.3 is 16.4 Å². The van der Waals surface area contributed by atoms with Gasteiger partial charge in [-0.1, -0.05) is 11.6 Å². The van der Waals surface area contributed by atoms with Crippen molar-refractivity contribution in [1.29, 1.82) is 0 Å². The Kier molecular flexibility index (Phi) is 4.05. The van der Waals surface area contributed by atoms with Crippen LogP contribution in [0, 0.1) is 5.92 Å². The summed E-state index contributed by atoms with van der Waals surface area (Å²) in [6.45, 7) is 1.90. The van der Waals surface area contributed by atoms with Crippen molar-refractivity contribution in [2.75, 3.05) is 20.1 Å². The van der Waals surface area contributed by atoms with Gasteiger partial charge in [0.15, 0.2) is 0 Å². The Morgan fingerprint density at radius 1 is 1.48 bits per heavy atom.